The van der Waals surface area contributed by atoms with E-state index in [0.717, 1.165) is 30.8 Å². The first-order valence-electron chi connectivity index (χ1n) is 9.96. The zero-order chi connectivity index (χ0) is 20.5. The van der Waals surface area contributed by atoms with Gasteiger partial charge in [0.2, 0.25) is 5.91 Å². The molecule has 2 aromatic rings. The van der Waals surface area contributed by atoms with Crippen molar-refractivity contribution >= 4 is 11.9 Å². The number of ether oxygens (including phenoxy) is 2. The van der Waals surface area contributed by atoms with Crippen LogP contribution in [0.2, 0.25) is 0 Å². The Hall–Kier alpha value is -2.70. The number of nitrogens with zero attached hydrogens (tertiary/aromatic N) is 2. The van der Waals surface area contributed by atoms with Crippen molar-refractivity contribution in [3.05, 3.63) is 71.8 Å². The first-order valence-corrected chi connectivity index (χ1v) is 9.96. The maximum atomic E-state index is 12.1. The molecule has 29 heavy (non-hydrogen) atoms. The summed E-state index contributed by atoms with van der Waals surface area (Å²) in [5.74, 6) is -0.653. The van der Waals surface area contributed by atoms with E-state index in [1.54, 1.807) is 4.90 Å². The largest absolute Gasteiger partial charge is 0.469 e. The van der Waals surface area contributed by atoms with Crippen molar-refractivity contribution in [3.63, 3.8) is 0 Å². The maximum absolute atomic E-state index is 12.1. The summed E-state index contributed by atoms with van der Waals surface area (Å²) in [6.45, 7) is 4.20. The molecule has 0 atom stereocenters. The van der Waals surface area contributed by atoms with Gasteiger partial charge in [-0.25, -0.2) is 0 Å². The Labute approximate surface area is 172 Å². The number of amides is 1. The van der Waals surface area contributed by atoms with Gasteiger partial charge in [0.1, 0.15) is 12.5 Å². The summed E-state index contributed by atoms with van der Waals surface area (Å²) < 4.78 is 10.8. The normalized spacial score (nSPS) is 14.8. The van der Waals surface area contributed by atoms with Crippen LogP contribution in [0.5, 0.6) is 0 Å². The molecule has 1 amide bonds. The molecule has 1 heterocycles. The number of rotatable bonds is 8. The number of carbonyl (C=O) groups is 2. The van der Waals surface area contributed by atoms with Crippen LogP contribution in [0.25, 0.3) is 0 Å². The average Bonchev–Trinajstić information content (AvgIpc) is 2.78. The van der Waals surface area contributed by atoms with Gasteiger partial charge in [0, 0.05) is 32.7 Å². The van der Waals surface area contributed by atoms with E-state index >= 15 is 0 Å². The first kappa shape index (κ1) is 21.0. The molecule has 1 aliphatic rings. The molecule has 1 fully saturated rings. The smallest absolute Gasteiger partial charge is 0.315 e. The minimum Gasteiger partial charge on any atom is -0.469 e. The quantitative estimate of drug-likeness (QED) is 0.507. The molecule has 3 rings (SSSR count). The first-order chi connectivity index (χ1) is 14.2. The van der Waals surface area contributed by atoms with Crippen LogP contribution in [-0.4, -0.2) is 68.1 Å². The third-order valence-corrected chi connectivity index (χ3v) is 5.14. The lowest BCUT2D eigenvalue weighted by molar-refractivity contribution is -0.147. The SMILES string of the molecule is COC(=O)CC(=O)N1CCN(CCOC(c2ccccc2)c2ccccc2)CC1. The number of piperazine rings is 1. The van der Waals surface area contributed by atoms with Crippen LogP contribution in [0.15, 0.2) is 60.7 Å². The molecule has 0 aromatic heterocycles. The van der Waals surface area contributed by atoms with Crippen LogP contribution in [0.4, 0.5) is 0 Å². The van der Waals surface area contributed by atoms with Crippen molar-refractivity contribution in [1.29, 1.82) is 0 Å². The molecule has 1 saturated heterocycles. The minimum absolute atomic E-state index is 0.0969. The highest BCUT2D eigenvalue weighted by Gasteiger charge is 2.23. The highest BCUT2D eigenvalue weighted by atomic mass is 16.5. The highest BCUT2D eigenvalue weighted by molar-refractivity contribution is 5.94. The topological polar surface area (TPSA) is 59.1 Å². The second kappa shape index (κ2) is 10.7. The standard InChI is InChI=1S/C23H28N2O4/c1-28-22(27)18-21(26)25-14-12-24(13-15-25)16-17-29-23(19-8-4-2-5-9-19)20-10-6-3-7-11-20/h2-11,23H,12-18H2,1H3. The average molecular weight is 396 g/mol. The molecule has 0 radical (unpaired) electrons. The zero-order valence-corrected chi connectivity index (χ0v) is 16.8. The van der Waals surface area contributed by atoms with E-state index in [4.69, 9.17) is 4.74 Å². The Morgan fingerprint density at radius 2 is 1.45 bits per heavy atom. The van der Waals surface area contributed by atoms with Gasteiger partial charge in [-0.2, -0.15) is 0 Å². The van der Waals surface area contributed by atoms with Gasteiger partial charge in [0.15, 0.2) is 0 Å². The van der Waals surface area contributed by atoms with Gasteiger partial charge in [-0.15, -0.1) is 0 Å². The number of carbonyl (C=O) groups excluding carboxylic acids is 2. The molecule has 6 heteroatoms. The number of hydrogen-bond acceptors (Lipinski definition) is 5. The maximum Gasteiger partial charge on any atom is 0.315 e. The van der Waals surface area contributed by atoms with E-state index < -0.39 is 5.97 Å². The fourth-order valence-electron chi connectivity index (χ4n) is 3.47. The number of hydrogen-bond donors (Lipinski definition) is 0. The van der Waals surface area contributed by atoms with Crippen molar-refractivity contribution in [2.45, 2.75) is 12.5 Å². The fraction of sp³-hybridized carbons (Fsp3) is 0.391. The Bertz CT molecular complexity index is 734. The van der Waals surface area contributed by atoms with Crippen molar-refractivity contribution in [2.24, 2.45) is 0 Å². The summed E-state index contributed by atoms with van der Waals surface area (Å²) in [5.41, 5.74) is 2.27. The number of methoxy groups -OCH3 is 1. The van der Waals surface area contributed by atoms with Crippen LogP contribution in [-0.2, 0) is 19.1 Å². The van der Waals surface area contributed by atoms with Crippen molar-refractivity contribution < 1.29 is 19.1 Å². The predicted octanol–water partition coefficient (Wildman–Crippen LogP) is 2.50. The Kier molecular flexibility index (Phi) is 7.78. The monoisotopic (exact) mass is 396 g/mol. The van der Waals surface area contributed by atoms with Gasteiger partial charge in [0.05, 0.1) is 13.7 Å². The van der Waals surface area contributed by atoms with E-state index in [0.29, 0.717) is 19.7 Å². The van der Waals surface area contributed by atoms with Crippen molar-refractivity contribution in [3.8, 4) is 0 Å². The molecule has 0 bridgehead atoms. The van der Waals surface area contributed by atoms with E-state index in [-0.39, 0.29) is 18.4 Å². The summed E-state index contributed by atoms with van der Waals surface area (Å²) in [5, 5.41) is 0. The van der Waals surface area contributed by atoms with E-state index in [1.807, 2.05) is 36.4 Å². The van der Waals surface area contributed by atoms with Gasteiger partial charge in [-0.3, -0.25) is 14.5 Å². The molecule has 0 unspecified atom stereocenters. The Morgan fingerprint density at radius 1 is 0.897 bits per heavy atom. The molecule has 6 nitrogen and oxygen atoms in total. The van der Waals surface area contributed by atoms with Gasteiger partial charge >= 0.3 is 5.97 Å². The highest BCUT2D eigenvalue weighted by Crippen LogP contribution is 2.25. The molecule has 2 aromatic carbocycles. The van der Waals surface area contributed by atoms with Gasteiger partial charge < -0.3 is 14.4 Å². The Morgan fingerprint density at radius 3 is 1.97 bits per heavy atom. The fourth-order valence-corrected chi connectivity index (χ4v) is 3.47. The molecular weight excluding hydrogens is 368 g/mol. The molecule has 0 saturated carbocycles. The lowest BCUT2D eigenvalue weighted by Gasteiger charge is -2.34. The van der Waals surface area contributed by atoms with Crippen molar-refractivity contribution in [1.82, 2.24) is 9.80 Å². The molecule has 1 aliphatic heterocycles. The number of benzene rings is 2. The zero-order valence-electron chi connectivity index (χ0n) is 16.8. The minimum atomic E-state index is -0.487. The second-order valence-electron chi connectivity index (χ2n) is 7.05. The summed E-state index contributed by atoms with van der Waals surface area (Å²) in [7, 11) is 1.30. The lowest BCUT2D eigenvalue weighted by Crippen LogP contribution is -2.49. The van der Waals surface area contributed by atoms with Crippen LogP contribution < -0.4 is 0 Å². The van der Waals surface area contributed by atoms with Crippen molar-refractivity contribution in [2.75, 3.05) is 46.4 Å². The van der Waals surface area contributed by atoms with Gasteiger partial charge in [0.25, 0.3) is 0 Å². The van der Waals surface area contributed by atoms with Crippen LogP contribution >= 0.6 is 0 Å². The van der Waals surface area contributed by atoms with E-state index in [2.05, 4.69) is 33.9 Å². The van der Waals surface area contributed by atoms with E-state index in [9.17, 15) is 9.59 Å². The summed E-state index contributed by atoms with van der Waals surface area (Å²) in [6.07, 6.45) is -0.282. The third-order valence-electron chi connectivity index (χ3n) is 5.14. The van der Waals surface area contributed by atoms with Gasteiger partial charge in [-0.1, -0.05) is 60.7 Å². The van der Waals surface area contributed by atoms with Gasteiger partial charge in [-0.05, 0) is 11.1 Å². The molecule has 154 valence electrons. The van der Waals surface area contributed by atoms with Crippen LogP contribution in [0, 0.1) is 0 Å². The molecule has 0 aliphatic carbocycles. The van der Waals surface area contributed by atoms with Crippen LogP contribution in [0.3, 0.4) is 0 Å². The lowest BCUT2D eigenvalue weighted by atomic mass is 10.0. The second-order valence-corrected chi connectivity index (χ2v) is 7.05. The predicted molar refractivity (Wildman–Crippen MR) is 110 cm³/mol. The number of esters is 1. The summed E-state index contributed by atoms with van der Waals surface area (Å²) in [6, 6.07) is 20.5. The molecule has 0 spiro atoms. The molecular formula is C23H28N2O4. The molecule has 0 N–H and O–H groups in total. The Balaban J connectivity index is 1.48. The third kappa shape index (κ3) is 6.14. The van der Waals surface area contributed by atoms with Crippen LogP contribution in [0.1, 0.15) is 23.7 Å². The van der Waals surface area contributed by atoms with E-state index in [1.165, 1.54) is 7.11 Å². The summed E-state index contributed by atoms with van der Waals surface area (Å²) in [4.78, 5) is 27.4. The summed E-state index contributed by atoms with van der Waals surface area (Å²) >= 11 is 0.